The second-order valence-electron chi connectivity index (χ2n) is 9.29. The van der Waals surface area contributed by atoms with Gasteiger partial charge in [-0.2, -0.15) is 0 Å². The number of rotatable bonds is 6. The minimum atomic E-state index is -1.21. The smallest absolute Gasteiger partial charge is 0.325 e. The molecular formula is C27H27N3O5. The summed E-state index contributed by atoms with van der Waals surface area (Å²) in [5.41, 5.74) is 3.71. The second-order valence-corrected chi connectivity index (χ2v) is 9.29. The first-order valence-electron chi connectivity index (χ1n) is 11.5. The van der Waals surface area contributed by atoms with E-state index in [1.165, 1.54) is 0 Å². The van der Waals surface area contributed by atoms with Gasteiger partial charge < -0.3 is 19.4 Å². The Morgan fingerprint density at radius 1 is 1.00 bits per heavy atom. The van der Waals surface area contributed by atoms with Crippen molar-refractivity contribution < 1.29 is 23.9 Å². The number of carbonyl (C=O) groups excluding carboxylic acids is 3. The van der Waals surface area contributed by atoms with Crippen molar-refractivity contribution in [2.24, 2.45) is 0 Å². The predicted molar refractivity (Wildman–Crippen MR) is 129 cm³/mol. The van der Waals surface area contributed by atoms with Gasteiger partial charge in [0.1, 0.15) is 5.54 Å². The number of Topliss-reactive ketones (excluding diaryl/α,β-unsaturated/α-hetero) is 1. The van der Waals surface area contributed by atoms with Gasteiger partial charge >= 0.3 is 6.03 Å². The summed E-state index contributed by atoms with van der Waals surface area (Å²) in [6.07, 6.45) is 0. The average Bonchev–Trinajstić information content (AvgIpc) is 3.47. The number of benzene rings is 2. The molecule has 8 heteroatoms. The Hall–Kier alpha value is -4.07. The number of ketones is 1. The Bertz CT molecular complexity index is 1360. The molecule has 35 heavy (non-hydrogen) atoms. The molecule has 1 N–H and O–H groups in total. The lowest BCUT2D eigenvalue weighted by Gasteiger charge is -2.22. The SMILES string of the molecule is Cc1ccc([C@]2(C)NC(=O)N(CC(=O)c3cc(C)n(Cc4ccc5c(c4)OCO5)c3C)C2=O)cc1. The molecule has 1 atom stereocenters. The summed E-state index contributed by atoms with van der Waals surface area (Å²) in [4.78, 5) is 40.2. The minimum Gasteiger partial charge on any atom is -0.454 e. The summed E-state index contributed by atoms with van der Waals surface area (Å²) in [6, 6.07) is 14.4. The van der Waals surface area contributed by atoms with Crippen LogP contribution in [0.4, 0.5) is 4.79 Å². The maximum absolute atomic E-state index is 13.3. The molecule has 0 unspecified atom stereocenters. The molecule has 3 heterocycles. The summed E-state index contributed by atoms with van der Waals surface area (Å²) < 4.78 is 12.9. The number of hydrogen-bond donors (Lipinski definition) is 1. The minimum absolute atomic E-state index is 0.213. The van der Waals surface area contributed by atoms with Crippen LogP contribution in [0.15, 0.2) is 48.5 Å². The fourth-order valence-corrected chi connectivity index (χ4v) is 4.70. The number of urea groups is 1. The molecule has 3 aromatic rings. The number of nitrogens with one attached hydrogen (secondary N) is 1. The molecule has 1 fully saturated rings. The molecule has 0 radical (unpaired) electrons. The first-order chi connectivity index (χ1) is 16.7. The van der Waals surface area contributed by atoms with Gasteiger partial charge in [-0.25, -0.2) is 4.79 Å². The zero-order valence-corrected chi connectivity index (χ0v) is 20.2. The molecule has 3 amide bonds. The largest absolute Gasteiger partial charge is 0.454 e. The summed E-state index contributed by atoms with van der Waals surface area (Å²) >= 11 is 0. The molecule has 5 rings (SSSR count). The van der Waals surface area contributed by atoms with Crippen LogP contribution in [0.1, 0.15) is 45.4 Å². The molecule has 0 spiro atoms. The third-order valence-corrected chi connectivity index (χ3v) is 6.86. The van der Waals surface area contributed by atoms with Crippen LogP contribution in [-0.2, 0) is 16.9 Å². The third-order valence-electron chi connectivity index (χ3n) is 6.86. The normalized spacial score (nSPS) is 18.8. The maximum atomic E-state index is 13.3. The quantitative estimate of drug-likeness (QED) is 0.434. The van der Waals surface area contributed by atoms with Crippen molar-refractivity contribution in [1.29, 1.82) is 0 Å². The fourth-order valence-electron chi connectivity index (χ4n) is 4.70. The summed E-state index contributed by atoms with van der Waals surface area (Å²) in [6.45, 7) is 7.87. The number of ether oxygens (including phenoxy) is 2. The number of fused-ring (bicyclic) bond motifs is 1. The molecule has 1 saturated heterocycles. The van der Waals surface area contributed by atoms with Gasteiger partial charge in [0.25, 0.3) is 5.91 Å². The van der Waals surface area contributed by atoms with Crippen molar-refractivity contribution in [2.45, 2.75) is 39.8 Å². The first kappa shape index (κ1) is 22.7. The highest BCUT2D eigenvalue weighted by atomic mass is 16.7. The molecule has 2 aromatic carbocycles. The molecular weight excluding hydrogens is 446 g/mol. The Morgan fingerprint density at radius 3 is 2.46 bits per heavy atom. The van der Waals surface area contributed by atoms with Crippen LogP contribution in [0.5, 0.6) is 11.5 Å². The van der Waals surface area contributed by atoms with Crippen LogP contribution in [0.2, 0.25) is 0 Å². The molecule has 180 valence electrons. The molecule has 8 nitrogen and oxygen atoms in total. The van der Waals surface area contributed by atoms with E-state index in [4.69, 9.17) is 9.47 Å². The first-order valence-corrected chi connectivity index (χ1v) is 11.5. The van der Waals surface area contributed by atoms with Crippen molar-refractivity contribution >= 4 is 17.7 Å². The average molecular weight is 474 g/mol. The highest BCUT2D eigenvalue weighted by Crippen LogP contribution is 2.33. The number of aromatic nitrogens is 1. The summed E-state index contributed by atoms with van der Waals surface area (Å²) in [5.74, 6) is 0.703. The van der Waals surface area contributed by atoms with E-state index in [0.29, 0.717) is 23.4 Å². The monoisotopic (exact) mass is 473 g/mol. The van der Waals surface area contributed by atoms with E-state index in [9.17, 15) is 14.4 Å². The number of aryl methyl sites for hydroxylation is 2. The van der Waals surface area contributed by atoms with Gasteiger partial charge in [-0.3, -0.25) is 14.5 Å². The van der Waals surface area contributed by atoms with Crippen LogP contribution in [0.25, 0.3) is 0 Å². The highest BCUT2D eigenvalue weighted by molar-refractivity contribution is 6.11. The highest BCUT2D eigenvalue weighted by Gasteiger charge is 2.49. The van der Waals surface area contributed by atoms with Crippen molar-refractivity contribution in [3.8, 4) is 11.5 Å². The van der Waals surface area contributed by atoms with Gasteiger partial charge in [0.2, 0.25) is 6.79 Å². The van der Waals surface area contributed by atoms with E-state index in [1.807, 2.05) is 73.9 Å². The van der Waals surface area contributed by atoms with Crippen LogP contribution in [-0.4, -0.2) is 40.5 Å². The van der Waals surface area contributed by atoms with E-state index in [-0.39, 0.29) is 19.1 Å². The lowest BCUT2D eigenvalue weighted by molar-refractivity contribution is -0.130. The molecule has 0 saturated carbocycles. The van der Waals surface area contributed by atoms with Crippen molar-refractivity contribution in [3.05, 3.63) is 82.2 Å². The van der Waals surface area contributed by atoms with E-state index in [0.717, 1.165) is 33.2 Å². The van der Waals surface area contributed by atoms with E-state index >= 15 is 0 Å². The zero-order valence-electron chi connectivity index (χ0n) is 20.2. The van der Waals surface area contributed by atoms with Gasteiger partial charge in [0.15, 0.2) is 17.3 Å². The molecule has 0 bridgehead atoms. The van der Waals surface area contributed by atoms with E-state index < -0.39 is 17.5 Å². The summed E-state index contributed by atoms with van der Waals surface area (Å²) in [5, 5.41) is 2.76. The second kappa shape index (κ2) is 8.30. The number of carbonyl (C=O) groups is 3. The number of nitrogens with zero attached hydrogens (tertiary/aromatic N) is 2. The standard InChI is InChI=1S/C27H27N3O5/c1-16-5-8-20(9-6-16)27(4)25(32)30(26(33)28-27)14-22(31)21-11-17(2)29(18(21)3)13-19-7-10-23-24(12-19)35-15-34-23/h5-12H,13-15H2,1-4H3,(H,28,33)/t27-/m0/s1. The predicted octanol–water partition coefficient (Wildman–Crippen LogP) is 3.84. The molecule has 2 aliphatic heterocycles. The Morgan fingerprint density at radius 2 is 1.71 bits per heavy atom. The van der Waals surface area contributed by atoms with Crippen molar-refractivity contribution in [2.75, 3.05) is 13.3 Å². The van der Waals surface area contributed by atoms with Crippen LogP contribution in [0, 0.1) is 20.8 Å². The topological polar surface area (TPSA) is 89.9 Å². The van der Waals surface area contributed by atoms with Gasteiger partial charge in [-0.1, -0.05) is 35.9 Å². The fraction of sp³-hybridized carbons (Fsp3) is 0.296. The Kier molecular flexibility index (Phi) is 5.39. The van der Waals surface area contributed by atoms with E-state index in [2.05, 4.69) is 5.32 Å². The van der Waals surface area contributed by atoms with Crippen molar-refractivity contribution in [3.63, 3.8) is 0 Å². The zero-order chi connectivity index (χ0) is 24.9. The van der Waals surface area contributed by atoms with Gasteiger partial charge in [0, 0.05) is 23.5 Å². The van der Waals surface area contributed by atoms with Gasteiger partial charge in [0.05, 0.1) is 6.54 Å². The maximum Gasteiger partial charge on any atom is 0.325 e. The lowest BCUT2D eigenvalue weighted by Crippen LogP contribution is -2.41. The number of amides is 3. The number of hydrogen-bond acceptors (Lipinski definition) is 5. The van der Waals surface area contributed by atoms with Crippen LogP contribution in [0.3, 0.4) is 0 Å². The molecule has 0 aliphatic carbocycles. The van der Waals surface area contributed by atoms with Crippen molar-refractivity contribution in [1.82, 2.24) is 14.8 Å². The Labute approximate surface area is 203 Å². The molecule has 2 aliphatic rings. The number of imide groups is 1. The summed E-state index contributed by atoms with van der Waals surface area (Å²) in [7, 11) is 0. The van der Waals surface area contributed by atoms with Crippen LogP contribution >= 0.6 is 0 Å². The Balaban J connectivity index is 1.35. The van der Waals surface area contributed by atoms with E-state index in [1.54, 1.807) is 6.92 Å². The lowest BCUT2D eigenvalue weighted by atomic mass is 9.91. The van der Waals surface area contributed by atoms with Gasteiger partial charge in [-0.15, -0.1) is 0 Å². The van der Waals surface area contributed by atoms with Gasteiger partial charge in [-0.05, 0) is 57.0 Å². The third kappa shape index (κ3) is 3.84. The van der Waals surface area contributed by atoms with Crippen LogP contribution < -0.4 is 14.8 Å². The molecule has 1 aromatic heterocycles.